The minimum absolute atomic E-state index is 0.104. The molecule has 0 saturated heterocycles. The summed E-state index contributed by atoms with van der Waals surface area (Å²) in [6, 6.07) is 7.15. The molecular formula is C21H28N2O4. The van der Waals surface area contributed by atoms with Gasteiger partial charge >= 0.3 is 5.97 Å². The van der Waals surface area contributed by atoms with E-state index in [-0.39, 0.29) is 31.0 Å². The van der Waals surface area contributed by atoms with Crippen molar-refractivity contribution >= 4 is 17.8 Å². The second kappa shape index (κ2) is 8.55. The Balaban J connectivity index is 1.34. The van der Waals surface area contributed by atoms with Crippen LogP contribution in [0.3, 0.4) is 0 Å². The van der Waals surface area contributed by atoms with E-state index in [0.29, 0.717) is 11.5 Å². The minimum atomic E-state index is -0.627. The molecule has 2 bridgehead atoms. The van der Waals surface area contributed by atoms with Crippen LogP contribution in [-0.2, 0) is 14.3 Å². The quantitative estimate of drug-likeness (QED) is 0.719. The summed E-state index contributed by atoms with van der Waals surface area (Å²) in [6.45, 7) is 3.39. The van der Waals surface area contributed by atoms with Gasteiger partial charge in [-0.2, -0.15) is 0 Å². The van der Waals surface area contributed by atoms with Crippen molar-refractivity contribution in [2.24, 2.45) is 17.8 Å². The van der Waals surface area contributed by atoms with Crippen LogP contribution in [0.5, 0.6) is 0 Å². The number of fused-ring (bicyclic) bond motifs is 2. The van der Waals surface area contributed by atoms with Crippen LogP contribution in [0.1, 0.15) is 48.5 Å². The number of carbonyl (C=O) groups is 3. The highest BCUT2D eigenvalue weighted by Gasteiger charge is 2.42. The molecule has 146 valence electrons. The number of hydrogen-bond acceptors (Lipinski definition) is 4. The third kappa shape index (κ3) is 5.08. The van der Waals surface area contributed by atoms with Gasteiger partial charge in [-0.25, -0.2) is 0 Å². The van der Waals surface area contributed by atoms with Gasteiger partial charge in [0.15, 0.2) is 6.61 Å². The van der Waals surface area contributed by atoms with Crippen LogP contribution < -0.4 is 10.6 Å². The molecule has 2 aliphatic carbocycles. The predicted octanol–water partition coefficient (Wildman–Crippen LogP) is 2.21. The Hall–Kier alpha value is -2.37. The fourth-order valence-corrected chi connectivity index (χ4v) is 4.47. The largest absolute Gasteiger partial charge is 0.454 e. The maximum absolute atomic E-state index is 12.0. The SMILES string of the molecule is Cc1ccc(C(=O)NCC(=O)OCC(=O)N[C@@H](C)[C@H]2C[C@@H]3CC[C@H]2C3)cc1. The topological polar surface area (TPSA) is 84.5 Å². The molecule has 2 fully saturated rings. The van der Waals surface area contributed by atoms with Crippen molar-refractivity contribution in [3.8, 4) is 0 Å². The van der Waals surface area contributed by atoms with Gasteiger partial charge in [-0.05, 0) is 63.0 Å². The lowest BCUT2D eigenvalue weighted by atomic mass is 9.84. The Morgan fingerprint density at radius 1 is 1.15 bits per heavy atom. The van der Waals surface area contributed by atoms with Gasteiger partial charge in [0.05, 0.1) is 0 Å². The number of benzene rings is 1. The van der Waals surface area contributed by atoms with Gasteiger partial charge < -0.3 is 15.4 Å². The Morgan fingerprint density at radius 3 is 2.52 bits per heavy atom. The first-order valence-corrected chi connectivity index (χ1v) is 9.72. The molecule has 0 aromatic heterocycles. The van der Waals surface area contributed by atoms with E-state index in [1.54, 1.807) is 12.1 Å². The Kier molecular flexibility index (Phi) is 6.14. The van der Waals surface area contributed by atoms with Crippen molar-refractivity contribution in [1.29, 1.82) is 0 Å². The molecule has 0 spiro atoms. The average molecular weight is 372 g/mol. The van der Waals surface area contributed by atoms with E-state index in [2.05, 4.69) is 10.6 Å². The van der Waals surface area contributed by atoms with E-state index in [1.807, 2.05) is 26.0 Å². The zero-order chi connectivity index (χ0) is 19.4. The molecule has 4 atom stereocenters. The highest BCUT2D eigenvalue weighted by atomic mass is 16.5. The van der Waals surface area contributed by atoms with E-state index >= 15 is 0 Å². The van der Waals surface area contributed by atoms with Crippen molar-refractivity contribution in [2.45, 2.75) is 45.6 Å². The molecule has 1 aromatic carbocycles. The average Bonchev–Trinajstić information content (AvgIpc) is 3.28. The zero-order valence-corrected chi connectivity index (χ0v) is 16.0. The van der Waals surface area contributed by atoms with Gasteiger partial charge in [-0.15, -0.1) is 0 Å². The highest BCUT2D eigenvalue weighted by Crippen LogP contribution is 2.49. The molecule has 2 amide bonds. The summed E-state index contributed by atoms with van der Waals surface area (Å²) in [5.41, 5.74) is 1.53. The summed E-state index contributed by atoms with van der Waals surface area (Å²) in [5, 5.41) is 5.46. The van der Waals surface area contributed by atoms with Crippen LogP contribution in [0, 0.1) is 24.7 Å². The van der Waals surface area contributed by atoms with E-state index in [9.17, 15) is 14.4 Å². The fraction of sp³-hybridized carbons (Fsp3) is 0.571. The number of amides is 2. The van der Waals surface area contributed by atoms with Gasteiger partial charge in [0.1, 0.15) is 6.54 Å². The van der Waals surface area contributed by atoms with Crippen molar-refractivity contribution in [2.75, 3.05) is 13.2 Å². The molecule has 0 radical (unpaired) electrons. The molecule has 2 aliphatic rings. The number of aryl methyl sites for hydroxylation is 1. The van der Waals surface area contributed by atoms with E-state index in [4.69, 9.17) is 4.74 Å². The molecule has 6 nitrogen and oxygen atoms in total. The van der Waals surface area contributed by atoms with Gasteiger partial charge in [-0.1, -0.05) is 24.1 Å². The van der Waals surface area contributed by atoms with Gasteiger partial charge in [-0.3, -0.25) is 14.4 Å². The smallest absolute Gasteiger partial charge is 0.325 e. The molecule has 27 heavy (non-hydrogen) atoms. The van der Waals surface area contributed by atoms with Gasteiger partial charge in [0.2, 0.25) is 0 Å². The normalized spacial score (nSPS) is 24.3. The second-order valence-electron chi connectivity index (χ2n) is 7.90. The Morgan fingerprint density at radius 2 is 1.89 bits per heavy atom. The maximum atomic E-state index is 12.0. The molecule has 2 saturated carbocycles. The van der Waals surface area contributed by atoms with E-state index in [0.717, 1.165) is 17.4 Å². The summed E-state index contributed by atoms with van der Waals surface area (Å²) >= 11 is 0. The van der Waals surface area contributed by atoms with E-state index in [1.165, 1.54) is 25.7 Å². The zero-order valence-electron chi connectivity index (χ0n) is 16.0. The summed E-state index contributed by atoms with van der Waals surface area (Å²) in [5.74, 6) is 0.833. The van der Waals surface area contributed by atoms with Crippen molar-refractivity contribution in [1.82, 2.24) is 10.6 Å². The first-order chi connectivity index (χ1) is 12.9. The number of esters is 1. The Bertz CT molecular complexity index is 701. The molecule has 0 aliphatic heterocycles. The molecule has 3 rings (SSSR count). The van der Waals surface area contributed by atoms with Crippen LogP contribution in [0.25, 0.3) is 0 Å². The third-order valence-electron chi connectivity index (χ3n) is 5.89. The Labute approximate surface area is 160 Å². The van der Waals surface area contributed by atoms with E-state index < -0.39 is 5.97 Å². The summed E-state index contributed by atoms with van der Waals surface area (Å²) in [4.78, 5) is 35.8. The van der Waals surface area contributed by atoms with Gasteiger partial charge in [0.25, 0.3) is 11.8 Å². The number of rotatable bonds is 7. The van der Waals surface area contributed by atoms with Crippen LogP contribution in [0.2, 0.25) is 0 Å². The highest BCUT2D eigenvalue weighted by molar-refractivity contribution is 5.96. The van der Waals surface area contributed by atoms with Crippen molar-refractivity contribution in [3.05, 3.63) is 35.4 Å². The maximum Gasteiger partial charge on any atom is 0.325 e. The van der Waals surface area contributed by atoms with Crippen molar-refractivity contribution in [3.63, 3.8) is 0 Å². The molecule has 0 unspecified atom stereocenters. The third-order valence-corrected chi connectivity index (χ3v) is 5.89. The lowest BCUT2D eigenvalue weighted by Crippen LogP contribution is -2.42. The lowest BCUT2D eigenvalue weighted by molar-refractivity contribution is -0.147. The number of nitrogens with one attached hydrogen (secondary N) is 2. The molecule has 6 heteroatoms. The number of carbonyl (C=O) groups excluding carboxylic acids is 3. The van der Waals surface area contributed by atoms with Crippen LogP contribution in [0.15, 0.2) is 24.3 Å². The van der Waals surface area contributed by atoms with Crippen molar-refractivity contribution < 1.29 is 19.1 Å². The fourth-order valence-electron chi connectivity index (χ4n) is 4.47. The monoisotopic (exact) mass is 372 g/mol. The molecule has 0 heterocycles. The minimum Gasteiger partial charge on any atom is -0.454 e. The van der Waals surface area contributed by atoms with Crippen LogP contribution in [-0.4, -0.2) is 37.0 Å². The first kappa shape index (κ1) is 19.4. The standard InChI is InChI=1S/C21H28N2O4/c1-13-3-6-16(7-4-13)21(26)22-11-20(25)27-12-19(24)23-14(2)18-10-15-5-8-17(18)9-15/h3-4,6-7,14-15,17-18H,5,8-12H2,1-2H3,(H,22,26)(H,23,24)/t14-,15+,17-,18+/m0/s1. The number of ether oxygens (including phenoxy) is 1. The molecule has 1 aromatic rings. The van der Waals surface area contributed by atoms with Gasteiger partial charge in [0, 0.05) is 11.6 Å². The summed E-state index contributed by atoms with van der Waals surface area (Å²) < 4.78 is 4.97. The number of hydrogen-bond donors (Lipinski definition) is 2. The molecular weight excluding hydrogens is 344 g/mol. The summed E-state index contributed by atoms with van der Waals surface area (Å²) in [7, 11) is 0. The summed E-state index contributed by atoms with van der Waals surface area (Å²) in [6.07, 6.45) is 5.08. The lowest BCUT2D eigenvalue weighted by Gasteiger charge is -2.28. The second-order valence-corrected chi connectivity index (χ2v) is 7.90. The predicted molar refractivity (Wildman–Crippen MR) is 101 cm³/mol. The first-order valence-electron chi connectivity index (χ1n) is 9.72. The molecule has 2 N–H and O–H groups in total. The van der Waals surface area contributed by atoms with Crippen LogP contribution in [0.4, 0.5) is 0 Å². The van der Waals surface area contributed by atoms with Crippen LogP contribution >= 0.6 is 0 Å².